The highest BCUT2D eigenvalue weighted by molar-refractivity contribution is 5.79. The van der Waals surface area contributed by atoms with Gasteiger partial charge in [-0.3, -0.25) is 10.0 Å². The Bertz CT molecular complexity index is 461. The van der Waals surface area contributed by atoms with Crippen LogP contribution in [-0.4, -0.2) is 23.6 Å². The van der Waals surface area contributed by atoms with E-state index in [4.69, 9.17) is 9.94 Å². The quantitative estimate of drug-likeness (QED) is 0.209. The molecule has 0 fully saturated rings. The lowest BCUT2D eigenvalue weighted by atomic mass is 10.1. The number of hydrogen-bond donors (Lipinski definition) is 2. The van der Waals surface area contributed by atoms with Gasteiger partial charge >= 0.3 is 0 Å². The number of nitrogens with one attached hydrogen (secondary N) is 1. The van der Waals surface area contributed by atoms with Crippen LogP contribution in [0.25, 0.3) is 0 Å². The number of carbonyl (C=O) groups excluding carboxylic acids is 1. The number of hydrogen-bond acceptors (Lipinski definition) is 4. The van der Waals surface area contributed by atoms with Crippen molar-refractivity contribution in [1.29, 1.82) is 0 Å². The van der Waals surface area contributed by atoms with Crippen LogP contribution < -0.4 is 5.48 Å². The van der Waals surface area contributed by atoms with E-state index in [1.54, 1.807) is 5.48 Å². The van der Waals surface area contributed by atoms with Crippen LogP contribution in [0.15, 0.2) is 35.3 Å². The molecule has 0 saturated heterocycles. The van der Waals surface area contributed by atoms with E-state index < -0.39 is 0 Å². The van der Waals surface area contributed by atoms with Gasteiger partial charge in [-0.2, -0.15) is 0 Å². The summed E-state index contributed by atoms with van der Waals surface area (Å²) in [5.41, 5.74) is 2.57. The van der Waals surface area contributed by atoms with Crippen LogP contribution in [0.2, 0.25) is 0 Å². The van der Waals surface area contributed by atoms with E-state index >= 15 is 0 Å². The molecule has 0 atom stereocenters. The van der Waals surface area contributed by atoms with E-state index in [2.05, 4.69) is 11.9 Å². The van der Waals surface area contributed by atoms with Gasteiger partial charge in [0.2, 0.25) is 5.91 Å². The second kappa shape index (κ2) is 12.6. The normalized spacial score (nSPS) is 11.3. The highest BCUT2D eigenvalue weighted by atomic mass is 16.5. The molecular formula is C18H28N2O3. The zero-order valence-corrected chi connectivity index (χ0v) is 14.0. The summed E-state index contributed by atoms with van der Waals surface area (Å²) in [5.74, 6) is 0.469. The van der Waals surface area contributed by atoms with Gasteiger partial charge in [0.15, 0.2) is 5.90 Å². The molecule has 0 radical (unpaired) electrons. The molecule has 0 bridgehead atoms. The Morgan fingerprint density at radius 2 is 1.78 bits per heavy atom. The molecule has 2 N–H and O–H groups in total. The molecule has 0 aliphatic rings. The number of nitrogens with zero attached hydrogens (tertiary/aromatic N) is 1. The molecule has 0 aromatic heterocycles. The molecule has 1 amide bonds. The van der Waals surface area contributed by atoms with Gasteiger partial charge in [-0.15, -0.1) is 0 Å². The molecule has 0 aliphatic carbocycles. The maximum Gasteiger partial charge on any atom is 0.243 e. The summed E-state index contributed by atoms with van der Waals surface area (Å²) >= 11 is 0. The van der Waals surface area contributed by atoms with Gasteiger partial charge < -0.3 is 4.74 Å². The monoisotopic (exact) mass is 320 g/mol. The van der Waals surface area contributed by atoms with Crippen LogP contribution in [-0.2, 0) is 9.53 Å². The molecule has 1 aromatic rings. The zero-order valence-electron chi connectivity index (χ0n) is 14.0. The lowest BCUT2D eigenvalue weighted by Crippen LogP contribution is -2.17. The third-order valence-corrected chi connectivity index (χ3v) is 3.45. The summed E-state index contributed by atoms with van der Waals surface area (Å²) in [6.07, 6.45) is 7.06. The minimum Gasteiger partial charge on any atom is -0.481 e. The van der Waals surface area contributed by atoms with Crippen LogP contribution in [0.3, 0.4) is 0 Å². The lowest BCUT2D eigenvalue weighted by Gasteiger charge is -2.09. The van der Waals surface area contributed by atoms with Gasteiger partial charge in [-0.25, -0.2) is 10.5 Å². The number of rotatable bonds is 11. The van der Waals surface area contributed by atoms with Gasteiger partial charge in [0.1, 0.15) is 0 Å². The number of ether oxygens (including phenoxy) is 1. The molecule has 0 heterocycles. The summed E-state index contributed by atoms with van der Waals surface area (Å²) in [6.45, 7) is 2.85. The first-order valence-corrected chi connectivity index (χ1v) is 8.44. The molecule has 5 heteroatoms. The maximum absolute atomic E-state index is 10.9. The lowest BCUT2D eigenvalue weighted by molar-refractivity contribution is -0.129. The Labute approximate surface area is 138 Å². The number of amides is 1. The number of aliphatic imine (C=N–C) groups is 1. The standard InChI is InChI=1S/C18H28N2O3/c1-2-3-15-23-18(19-16-11-7-6-8-12-16)14-10-5-4-9-13-17(21)20-22/h6-8,11-12,22H,2-5,9-10,13-15H2,1H3,(H,20,21). The molecule has 23 heavy (non-hydrogen) atoms. The Kier molecular flexibility index (Phi) is 10.5. The maximum atomic E-state index is 10.9. The summed E-state index contributed by atoms with van der Waals surface area (Å²) in [7, 11) is 0. The predicted octanol–water partition coefficient (Wildman–Crippen LogP) is 4.38. The van der Waals surface area contributed by atoms with E-state index in [0.717, 1.165) is 56.5 Å². The van der Waals surface area contributed by atoms with Crippen molar-refractivity contribution in [3.05, 3.63) is 30.3 Å². The Morgan fingerprint density at radius 1 is 1.09 bits per heavy atom. The fourth-order valence-corrected chi connectivity index (χ4v) is 2.11. The van der Waals surface area contributed by atoms with E-state index in [1.165, 1.54) is 0 Å². The summed E-state index contributed by atoms with van der Waals surface area (Å²) in [4.78, 5) is 15.5. The Morgan fingerprint density at radius 3 is 2.43 bits per heavy atom. The van der Waals surface area contributed by atoms with E-state index in [1.807, 2.05) is 30.3 Å². The molecular weight excluding hydrogens is 292 g/mol. The second-order valence-electron chi connectivity index (χ2n) is 5.49. The highest BCUT2D eigenvalue weighted by Crippen LogP contribution is 2.14. The van der Waals surface area contributed by atoms with Crippen molar-refractivity contribution in [2.45, 2.75) is 58.3 Å². The molecule has 1 aromatic carbocycles. The van der Waals surface area contributed by atoms with Crippen molar-refractivity contribution < 1.29 is 14.7 Å². The number of carbonyl (C=O) groups is 1. The number of unbranched alkanes of at least 4 members (excludes halogenated alkanes) is 4. The molecule has 1 rings (SSSR count). The number of benzene rings is 1. The van der Waals surface area contributed by atoms with Crippen molar-refractivity contribution in [2.24, 2.45) is 4.99 Å². The molecule has 0 saturated carbocycles. The first kappa shape index (κ1) is 19.2. The zero-order chi connectivity index (χ0) is 16.8. The highest BCUT2D eigenvalue weighted by Gasteiger charge is 2.03. The van der Waals surface area contributed by atoms with Crippen LogP contribution in [0, 0.1) is 0 Å². The third-order valence-electron chi connectivity index (χ3n) is 3.45. The smallest absolute Gasteiger partial charge is 0.243 e. The summed E-state index contributed by atoms with van der Waals surface area (Å²) in [5, 5.41) is 8.42. The van der Waals surface area contributed by atoms with Gasteiger partial charge in [-0.05, 0) is 31.4 Å². The number of hydroxylamine groups is 1. The Hall–Kier alpha value is -1.88. The van der Waals surface area contributed by atoms with Crippen molar-refractivity contribution in [3.8, 4) is 0 Å². The fraction of sp³-hybridized carbons (Fsp3) is 0.556. The van der Waals surface area contributed by atoms with Gasteiger partial charge in [-0.1, -0.05) is 44.4 Å². The first-order valence-electron chi connectivity index (χ1n) is 8.44. The second-order valence-corrected chi connectivity index (χ2v) is 5.49. The first-order chi connectivity index (χ1) is 11.3. The summed E-state index contributed by atoms with van der Waals surface area (Å²) < 4.78 is 5.80. The summed E-state index contributed by atoms with van der Waals surface area (Å²) in [6, 6.07) is 9.84. The van der Waals surface area contributed by atoms with Crippen molar-refractivity contribution in [3.63, 3.8) is 0 Å². The van der Waals surface area contributed by atoms with Crippen LogP contribution in [0.5, 0.6) is 0 Å². The van der Waals surface area contributed by atoms with Crippen molar-refractivity contribution in [2.75, 3.05) is 6.61 Å². The van der Waals surface area contributed by atoms with E-state index in [9.17, 15) is 4.79 Å². The molecule has 0 aliphatic heterocycles. The largest absolute Gasteiger partial charge is 0.481 e. The van der Waals surface area contributed by atoms with E-state index in [-0.39, 0.29) is 5.91 Å². The number of para-hydroxylation sites is 1. The Balaban J connectivity index is 2.35. The van der Waals surface area contributed by atoms with E-state index in [0.29, 0.717) is 13.0 Å². The van der Waals surface area contributed by atoms with Crippen LogP contribution >= 0.6 is 0 Å². The van der Waals surface area contributed by atoms with Gasteiger partial charge in [0.25, 0.3) is 0 Å². The topological polar surface area (TPSA) is 70.9 Å². The fourth-order valence-electron chi connectivity index (χ4n) is 2.11. The van der Waals surface area contributed by atoms with Crippen LogP contribution in [0.4, 0.5) is 5.69 Å². The third kappa shape index (κ3) is 9.68. The predicted molar refractivity (Wildman–Crippen MR) is 92.0 cm³/mol. The van der Waals surface area contributed by atoms with Gasteiger partial charge in [0.05, 0.1) is 12.3 Å². The van der Waals surface area contributed by atoms with Crippen molar-refractivity contribution >= 4 is 17.5 Å². The molecule has 0 spiro atoms. The SMILES string of the molecule is CCCCOC(CCCCCCC(=O)NO)=Nc1ccccc1. The van der Waals surface area contributed by atoms with Gasteiger partial charge in [0, 0.05) is 12.8 Å². The molecule has 5 nitrogen and oxygen atoms in total. The molecule has 128 valence electrons. The molecule has 0 unspecified atom stereocenters. The minimum atomic E-state index is -0.320. The average Bonchev–Trinajstić information content (AvgIpc) is 2.58. The van der Waals surface area contributed by atoms with Crippen LogP contribution in [0.1, 0.15) is 58.3 Å². The minimum absolute atomic E-state index is 0.320. The average molecular weight is 320 g/mol. The van der Waals surface area contributed by atoms with Crippen molar-refractivity contribution in [1.82, 2.24) is 5.48 Å².